The van der Waals surface area contributed by atoms with Crippen LogP contribution in [0.4, 0.5) is 0 Å². The normalized spacial score (nSPS) is 11.4. The third kappa shape index (κ3) is 4.17. The Bertz CT molecular complexity index is 1000. The van der Waals surface area contributed by atoms with Crippen molar-refractivity contribution in [2.45, 2.75) is 11.4 Å². The average Bonchev–Trinajstić information content (AvgIpc) is 2.64. The Morgan fingerprint density at radius 3 is 2.56 bits per heavy atom. The monoisotopic (exact) mass is 356 g/mol. The summed E-state index contributed by atoms with van der Waals surface area (Å²) in [6.07, 6.45) is 4.19. The molecule has 0 aliphatic heterocycles. The first-order valence-corrected chi connectivity index (χ1v) is 9.06. The van der Waals surface area contributed by atoms with Crippen LogP contribution in [0.3, 0.4) is 0 Å². The molecule has 0 fully saturated rings. The van der Waals surface area contributed by atoms with Crippen LogP contribution < -0.4 is 10.3 Å². The number of nitrogens with one attached hydrogen (secondary N) is 1. The minimum absolute atomic E-state index is 0.0729. The minimum Gasteiger partial charge on any atom is -0.298 e. The van der Waals surface area contributed by atoms with E-state index in [0.717, 1.165) is 5.56 Å². The molecular weight excluding hydrogens is 340 g/mol. The molecule has 0 saturated heterocycles. The van der Waals surface area contributed by atoms with Gasteiger partial charge in [-0.15, -0.1) is 0 Å². The van der Waals surface area contributed by atoms with Crippen LogP contribution in [-0.4, -0.2) is 29.5 Å². The third-order valence-corrected chi connectivity index (χ3v) is 4.98. The molecule has 0 atom stereocenters. The summed E-state index contributed by atoms with van der Waals surface area (Å²) >= 11 is 0. The zero-order chi connectivity index (χ0) is 17.7. The molecule has 0 spiro atoms. The first-order chi connectivity index (χ1) is 12.1. The Labute approximate surface area is 145 Å². The smallest absolute Gasteiger partial charge is 0.253 e. The maximum atomic E-state index is 12.2. The van der Waals surface area contributed by atoms with E-state index < -0.39 is 10.0 Å². The molecular formula is C17H16N4O3S. The third-order valence-electron chi connectivity index (χ3n) is 3.54. The molecule has 8 heteroatoms. The molecule has 2 heterocycles. The lowest BCUT2D eigenvalue weighted by molar-refractivity contribution is 0.568. The van der Waals surface area contributed by atoms with E-state index in [1.165, 1.54) is 35.4 Å². The van der Waals surface area contributed by atoms with Gasteiger partial charge < -0.3 is 0 Å². The Balaban J connectivity index is 1.67. The van der Waals surface area contributed by atoms with Crippen LogP contribution in [0, 0.1) is 0 Å². The summed E-state index contributed by atoms with van der Waals surface area (Å²) < 4.78 is 28.0. The van der Waals surface area contributed by atoms with Gasteiger partial charge in [0.15, 0.2) is 0 Å². The van der Waals surface area contributed by atoms with E-state index in [-0.39, 0.29) is 23.5 Å². The summed E-state index contributed by atoms with van der Waals surface area (Å²) in [7, 11) is -3.64. The quantitative estimate of drug-likeness (QED) is 0.718. The van der Waals surface area contributed by atoms with E-state index in [1.54, 1.807) is 6.07 Å². The van der Waals surface area contributed by atoms with Crippen molar-refractivity contribution in [2.75, 3.05) is 6.54 Å². The lowest BCUT2D eigenvalue weighted by atomic mass is 10.1. The van der Waals surface area contributed by atoms with Crippen molar-refractivity contribution in [1.29, 1.82) is 0 Å². The largest absolute Gasteiger partial charge is 0.298 e. The predicted molar refractivity (Wildman–Crippen MR) is 93.4 cm³/mol. The van der Waals surface area contributed by atoms with Crippen LogP contribution >= 0.6 is 0 Å². The van der Waals surface area contributed by atoms with Gasteiger partial charge in [-0.2, -0.15) is 0 Å². The molecule has 3 aromatic rings. The topological polar surface area (TPSA) is 94.0 Å². The lowest BCUT2D eigenvalue weighted by Gasteiger charge is -2.08. The van der Waals surface area contributed by atoms with Gasteiger partial charge >= 0.3 is 0 Å². The Hall–Kier alpha value is -2.84. The van der Waals surface area contributed by atoms with E-state index in [0.29, 0.717) is 5.69 Å². The van der Waals surface area contributed by atoms with Gasteiger partial charge in [-0.25, -0.2) is 18.1 Å². The second kappa shape index (κ2) is 7.37. The maximum Gasteiger partial charge on any atom is 0.253 e. The van der Waals surface area contributed by atoms with E-state index in [4.69, 9.17) is 0 Å². The van der Waals surface area contributed by atoms with Gasteiger partial charge in [0, 0.05) is 37.1 Å². The number of sulfonamides is 1. The molecule has 1 N–H and O–H groups in total. The fourth-order valence-electron chi connectivity index (χ4n) is 2.25. The number of hydrogen-bond donors (Lipinski definition) is 1. The van der Waals surface area contributed by atoms with Gasteiger partial charge in [0.1, 0.15) is 4.90 Å². The first kappa shape index (κ1) is 17.0. The SMILES string of the molecule is O=c1cc(-c2ccccc2)ncn1CCNS(=O)(=O)c1cccnc1. The highest BCUT2D eigenvalue weighted by molar-refractivity contribution is 7.89. The molecule has 128 valence electrons. The lowest BCUT2D eigenvalue weighted by Crippen LogP contribution is -2.31. The van der Waals surface area contributed by atoms with Gasteiger partial charge in [0.05, 0.1) is 12.0 Å². The maximum absolute atomic E-state index is 12.2. The zero-order valence-electron chi connectivity index (χ0n) is 13.2. The fourth-order valence-corrected chi connectivity index (χ4v) is 3.23. The van der Waals surface area contributed by atoms with Crippen LogP contribution in [0.2, 0.25) is 0 Å². The molecule has 0 aliphatic rings. The summed E-state index contributed by atoms with van der Waals surface area (Å²) in [6, 6.07) is 13.8. The van der Waals surface area contributed by atoms with Crippen molar-refractivity contribution in [2.24, 2.45) is 0 Å². The molecule has 25 heavy (non-hydrogen) atoms. The summed E-state index contributed by atoms with van der Waals surface area (Å²) in [4.78, 5) is 20.3. The van der Waals surface area contributed by atoms with Crippen LogP contribution in [0.1, 0.15) is 0 Å². The van der Waals surface area contributed by atoms with Crippen LogP contribution in [0.5, 0.6) is 0 Å². The fraction of sp³-hybridized carbons (Fsp3) is 0.118. The standard InChI is InChI=1S/C17H16N4O3S/c22-17-11-16(14-5-2-1-3-6-14)19-13-21(17)10-9-20-25(23,24)15-7-4-8-18-12-15/h1-8,11-13,20H,9-10H2. The van der Waals surface area contributed by atoms with Crippen LogP contribution in [0.25, 0.3) is 11.3 Å². The Morgan fingerprint density at radius 1 is 1.08 bits per heavy atom. The Kier molecular flexibility index (Phi) is 5.01. The van der Waals surface area contributed by atoms with Crippen molar-refractivity contribution in [1.82, 2.24) is 19.3 Å². The second-order valence-electron chi connectivity index (χ2n) is 5.26. The highest BCUT2D eigenvalue weighted by Gasteiger charge is 2.13. The molecule has 0 unspecified atom stereocenters. The number of pyridine rings is 1. The number of hydrogen-bond acceptors (Lipinski definition) is 5. The minimum atomic E-state index is -3.64. The van der Waals surface area contributed by atoms with Gasteiger partial charge in [-0.3, -0.25) is 14.3 Å². The summed E-state index contributed by atoms with van der Waals surface area (Å²) in [5.74, 6) is 0. The predicted octanol–water partition coefficient (Wildman–Crippen LogP) is 1.28. The van der Waals surface area contributed by atoms with Gasteiger partial charge in [0.25, 0.3) is 5.56 Å². The van der Waals surface area contributed by atoms with Gasteiger partial charge in [-0.1, -0.05) is 30.3 Å². The highest BCUT2D eigenvalue weighted by atomic mass is 32.2. The van der Waals surface area contributed by atoms with Gasteiger partial charge in [-0.05, 0) is 12.1 Å². The van der Waals surface area contributed by atoms with Crippen molar-refractivity contribution < 1.29 is 8.42 Å². The number of nitrogens with zero attached hydrogens (tertiary/aromatic N) is 3. The van der Waals surface area contributed by atoms with E-state index in [9.17, 15) is 13.2 Å². The number of benzene rings is 1. The molecule has 1 aromatic carbocycles. The molecule has 3 rings (SSSR count). The second-order valence-corrected chi connectivity index (χ2v) is 7.03. The molecule has 0 radical (unpaired) electrons. The molecule has 2 aromatic heterocycles. The van der Waals surface area contributed by atoms with Crippen LogP contribution in [-0.2, 0) is 16.6 Å². The molecule has 0 saturated carbocycles. The zero-order valence-corrected chi connectivity index (χ0v) is 14.1. The van der Waals surface area contributed by atoms with E-state index in [1.807, 2.05) is 30.3 Å². The number of aromatic nitrogens is 3. The summed E-state index contributed by atoms with van der Waals surface area (Å²) in [5.41, 5.74) is 1.19. The van der Waals surface area contributed by atoms with Crippen molar-refractivity contribution in [3.63, 3.8) is 0 Å². The first-order valence-electron chi connectivity index (χ1n) is 7.58. The Morgan fingerprint density at radius 2 is 1.88 bits per heavy atom. The van der Waals surface area contributed by atoms with Crippen molar-refractivity contribution in [3.05, 3.63) is 77.6 Å². The van der Waals surface area contributed by atoms with Gasteiger partial charge in [0.2, 0.25) is 10.0 Å². The molecule has 7 nitrogen and oxygen atoms in total. The molecule has 0 amide bonds. The molecule has 0 bridgehead atoms. The van der Waals surface area contributed by atoms with E-state index in [2.05, 4.69) is 14.7 Å². The van der Waals surface area contributed by atoms with E-state index >= 15 is 0 Å². The van der Waals surface area contributed by atoms with Crippen molar-refractivity contribution in [3.8, 4) is 11.3 Å². The number of rotatable bonds is 6. The summed E-state index contributed by atoms with van der Waals surface area (Å²) in [6.45, 7) is 0.254. The molecule has 0 aliphatic carbocycles. The summed E-state index contributed by atoms with van der Waals surface area (Å²) in [5, 5.41) is 0. The average molecular weight is 356 g/mol. The highest BCUT2D eigenvalue weighted by Crippen LogP contribution is 2.13. The van der Waals surface area contributed by atoms with Crippen molar-refractivity contribution >= 4 is 10.0 Å². The van der Waals surface area contributed by atoms with Crippen LogP contribution in [0.15, 0.2) is 76.9 Å².